The number of carbonyl (C=O) groups is 1. The minimum Gasteiger partial charge on any atom is -0.481 e. The lowest BCUT2D eigenvalue weighted by atomic mass is 9.69. The molecule has 0 aromatic carbocycles. The van der Waals surface area contributed by atoms with Gasteiger partial charge in [0.2, 0.25) is 0 Å². The van der Waals surface area contributed by atoms with Gasteiger partial charge in [-0.1, -0.05) is 31.9 Å². The maximum absolute atomic E-state index is 11.0. The number of carboxylic acids is 1. The summed E-state index contributed by atoms with van der Waals surface area (Å²) in [5, 5.41) is 9.08. The molecule has 1 N–H and O–H groups in total. The van der Waals surface area contributed by atoms with Crippen LogP contribution >= 0.6 is 0 Å². The van der Waals surface area contributed by atoms with Gasteiger partial charge in [0.1, 0.15) is 0 Å². The Labute approximate surface area is 130 Å². The van der Waals surface area contributed by atoms with Crippen molar-refractivity contribution in [3.63, 3.8) is 0 Å². The zero-order valence-electron chi connectivity index (χ0n) is 13.6. The number of hydrogen-bond donors (Lipinski definition) is 1. The van der Waals surface area contributed by atoms with E-state index in [9.17, 15) is 4.79 Å². The highest BCUT2D eigenvalue weighted by Gasteiger charge is 2.32. The molecule has 0 amide bonds. The van der Waals surface area contributed by atoms with E-state index >= 15 is 0 Å². The van der Waals surface area contributed by atoms with Crippen LogP contribution in [0, 0.1) is 23.7 Å². The summed E-state index contributed by atoms with van der Waals surface area (Å²) in [6.07, 6.45) is 18.3. The minimum atomic E-state index is -0.575. The van der Waals surface area contributed by atoms with Gasteiger partial charge >= 0.3 is 5.97 Å². The zero-order chi connectivity index (χ0) is 15.1. The van der Waals surface area contributed by atoms with E-state index in [1.165, 1.54) is 44.9 Å². The molecule has 0 atom stereocenters. The predicted molar refractivity (Wildman–Crippen MR) is 87.2 cm³/mol. The molecule has 0 radical (unpaired) electrons. The van der Waals surface area contributed by atoms with Crippen LogP contribution in [0.5, 0.6) is 0 Å². The summed E-state index contributed by atoms with van der Waals surface area (Å²) in [5.74, 6) is 1.87. The molecule has 2 aliphatic carbocycles. The predicted octanol–water partition coefficient (Wildman–Crippen LogP) is 5.43. The van der Waals surface area contributed by atoms with E-state index in [1.807, 2.05) is 0 Å². The Balaban J connectivity index is 1.67. The van der Waals surface area contributed by atoms with Crippen molar-refractivity contribution in [3.05, 3.63) is 12.2 Å². The second-order valence-electron chi connectivity index (χ2n) is 7.20. The summed E-state index contributed by atoms with van der Waals surface area (Å²) in [6.45, 7) is 2.25. The van der Waals surface area contributed by atoms with E-state index in [1.54, 1.807) is 0 Å². The molecule has 0 unspecified atom stereocenters. The van der Waals surface area contributed by atoms with E-state index in [0.29, 0.717) is 0 Å². The fourth-order valence-electron chi connectivity index (χ4n) is 4.26. The van der Waals surface area contributed by atoms with Crippen LogP contribution in [0.3, 0.4) is 0 Å². The average Bonchev–Trinajstić information content (AvgIpc) is 2.52. The normalized spacial score (nSPS) is 34.1. The number of aliphatic carboxylic acids is 1. The van der Waals surface area contributed by atoms with Crippen molar-refractivity contribution < 1.29 is 9.90 Å². The first-order valence-electron chi connectivity index (χ1n) is 9.10. The van der Waals surface area contributed by atoms with Crippen molar-refractivity contribution in [2.75, 3.05) is 0 Å². The Kier molecular flexibility index (Phi) is 6.79. The minimum absolute atomic E-state index is 0.0564. The topological polar surface area (TPSA) is 37.3 Å². The number of rotatable bonds is 6. The first-order chi connectivity index (χ1) is 10.2. The Hall–Kier alpha value is -0.790. The highest BCUT2D eigenvalue weighted by molar-refractivity contribution is 5.69. The monoisotopic (exact) mass is 292 g/mol. The highest BCUT2D eigenvalue weighted by atomic mass is 16.4. The maximum atomic E-state index is 11.0. The summed E-state index contributed by atoms with van der Waals surface area (Å²) >= 11 is 0. The van der Waals surface area contributed by atoms with Gasteiger partial charge in [0.25, 0.3) is 0 Å². The SMILES string of the molecule is CCCCC=CC1CCC(C2CCC(C(=O)O)CC2)CC1. The van der Waals surface area contributed by atoms with Crippen LogP contribution in [-0.4, -0.2) is 11.1 Å². The van der Waals surface area contributed by atoms with E-state index in [0.717, 1.165) is 43.4 Å². The molecule has 2 heteroatoms. The molecule has 2 nitrogen and oxygen atoms in total. The van der Waals surface area contributed by atoms with Gasteiger partial charge in [-0.3, -0.25) is 4.79 Å². The quantitative estimate of drug-likeness (QED) is 0.523. The third-order valence-corrected chi connectivity index (χ3v) is 5.74. The van der Waals surface area contributed by atoms with Crippen LogP contribution in [0.2, 0.25) is 0 Å². The van der Waals surface area contributed by atoms with Crippen molar-refractivity contribution in [2.45, 2.75) is 77.6 Å². The largest absolute Gasteiger partial charge is 0.481 e. The Morgan fingerprint density at radius 1 is 1.00 bits per heavy atom. The number of carboxylic acid groups (broad SMARTS) is 1. The second kappa shape index (κ2) is 8.60. The second-order valence-corrected chi connectivity index (χ2v) is 7.20. The number of unbranched alkanes of at least 4 members (excludes halogenated alkanes) is 2. The van der Waals surface area contributed by atoms with Gasteiger partial charge in [0.05, 0.1) is 5.92 Å². The van der Waals surface area contributed by atoms with Crippen molar-refractivity contribution in [1.29, 1.82) is 0 Å². The molecule has 0 bridgehead atoms. The molecule has 0 saturated heterocycles. The molecule has 120 valence electrons. The van der Waals surface area contributed by atoms with Gasteiger partial charge in [0.15, 0.2) is 0 Å². The summed E-state index contributed by atoms with van der Waals surface area (Å²) in [4.78, 5) is 11.0. The van der Waals surface area contributed by atoms with Crippen LogP contribution in [-0.2, 0) is 4.79 Å². The third-order valence-electron chi connectivity index (χ3n) is 5.74. The molecule has 21 heavy (non-hydrogen) atoms. The summed E-state index contributed by atoms with van der Waals surface area (Å²) in [7, 11) is 0. The first-order valence-corrected chi connectivity index (χ1v) is 9.10. The smallest absolute Gasteiger partial charge is 0.306 e. The molecule has 0 aromatic rings. The van der Waals surface area contributed by atoms with Crippen LogP contribution < -0.4 is 0 Å². The fourth-order valence-corrected chi connectivity index (χ4v) is 4.26. The molecule has 0 heterocycles. The lowest BCUT2D eigenvalue weighted by molar-refractivity contribution is -0.143. The Bertz CT molecular complexity index is 331. The van der Waals surface area contributed by atoms with Crippen molar-refractivity contribution in [2.24, 2.45) is 23.7 Å². The van der Waals surface area contributed by atoms with Crippen LogP contribution in [0.15, 0.2) is 12.2 Å². The Morgan fingerprint density at radius 3 is 2.10 bits per heavy atom. The summed E-state index contributed by atoms with van der Waals surface area (Å²) in [5.41, 5.74) is 0. The standard InChI is InChI=1S/C19H32O2/c1-2-3-4-5-6-15-7-9-16(10-8-15)17-11-13-18(14-12-17)19(20)21/h5-6,15-18H,2-4,7-14H2,1H3,(H,20,21). The van der Waals surface area contributed by atoms with Crippen molar-refractivity contribution >= 4 is 5.97 Å². The zero-order valence-corrected chi connectivity index (χ0v) is 13.6. The fraction of sp³-hybridized carbons (Fsp3) is 0.842. The molecule has 0 aliphatic heterocycles. The molecule has 2 aliphatic rings. The van der Waals surface area contributed by atoms with Crippen molar-refractivity contribution in [1.82, 2.24) is 0 Å². The van der Waals surface area contributed by atoms with E-state index in [2.05, 4.69) is 19.1 Å². The summed E-state index contributed by atoms with van der Waals surface area (Å²) in [6, 6.07) is 0. The molecule has 0 aromatic heterocycles. The van der Waals surface area contributed by atoms with Crippen LogP contribution in [0.25, 0.3) is 0 Å². The molecule has 2 rings (SSSR count). The molecule has 2 saturated carbocycles. The lowest BCUT2D eigenvalue weighted by Crippen LogP contribution is -2.28. The van der Waals surface area contributed by atoms with Gasteiger partial charge in [-0.2, -0.15) is 0 Å². The maximum Gasteiger partial charge on any atom is 0.306 e. The van der Waals surface area contributed by atoms with E-state index in [-0.39, 0.29) is 5.92 Å². The third kappa shape index (κ3) is 5.16. The summed E-state index contributed by atoms with van der Waals surface area (Å²) < 4.78 is 0. The molecular formula is C19H32O2. The first kappa shape index (κ1) is 16.6. The van der Waals surface area contributed by atoms with Gasteiger partial charge in [0, 0.05) is 0 Å². The van der Waals surface area contributed by atoms with E-state index in [4.69, 9.17) is 5.11 Å². The molecular weight excluding hydrogens is 260 g/mol. The van der Waals surface area contributed by atoms with Gasteiger partial charge in [-0.05, 0) is 75.5 Å². The molecule has 2 fully saturated rings. The van der Waals surface area contributed by atoms with E-state index < -0.39 is 5.97 Å². The molecule has 0 spiro atoms. The van der Waals surface area contributed by atoms with Crippen LogP contribution in [0.4, 0.5) is 0 Å². The van der Waals surface area contributed by atoms with Gasteiger partial charge in [-0.15, -0.1) is 0 Å². The highest BCUT2D eigenvalue weighted by Crippen LogP contribution is 2.41. The van der Waals surface area contributed by atoms with Crippen molar-refractivity contribution in [3.8, 4) is 0 Å². The average molecular weight is 292 g/mol. The Morgan fingerprint density at radius 2 is 1.57 bits per heavy atom. The van der Waals surface area contributed by atoms with Gasteiger partial charge < -0.3 is 5.11 Å². The number of hydrogen-bond acceptors (Lipinski definition) is 1. The van der Waals surface area contributed by atoms with Gasteiger partial charge in [-0.25, -0.2) is 0 Å². The van der Waals surface area contributed by atoms with Crippen LogP contribution in [0.1, 0.15) is 77.6 Å². The lowest BCUT2D eigenvalue weighted by Gasteiger charge is -2.36. The number of allylic oxidation sites excluding steroid dienone is 2.